The van der Waals surface area contributed by atoms with Crippen molar-refractivity contribution >= 4 is 29.2 Å². The van der Waals surface area contributed by atoms with E-state index < -0.39 is 11.9 Å². The fourth-order valence-corrected chi connectivity index (χ4v) is 2.10. The van der Waals surface area contributed by atoms with Crippen LogP contribution in [0.4, 0.5) is 11.4 Å². The molecule has 7 nitrogen and oxygen atoms in total. The Morgan fingerprint density at radius 2 is 1.79 bits per heavy atom. The zero-order valence-electron chi connectivity index (χ0n) is 12.9. The maximum atomic E-state index is 12.3. The van der Waals surface area contributed by atoms with Gasteiger partial charge in [-0.1, -0.05) is 12.1 Å². The van der Waals surface area contributed by atoms with Crippen LogP contribution < -0.4 is 10.6 Å². The number of hydrogen-bond donors (Lipinski definition) is 4. The third-order valence-electron chi connectivity index (χ3n) is 3.11. The number of phenolic OH excluding ortho intramolecular Hbond substituents is 1. The molecule has 2 aromatic rings. The number of aliphatic carboxylic acids is 1. The van der Waals surface area contributed by atoms with Crippen LogP contribution in [0.2, 0.25) is 0 Å². The second-order valence-electron chi connectivity index (χ2n) is 5.14. The van der Waals surface area contributed by atoms with Gasteiger partial charge in [0.25, 0.3) is 5.91 Å². The summed E-state index contributed by atoms with van der Waals surface area (Å²) in [6.07, 6.45) is -0.221. The molecule has 0 radical (unpaired) electrons. The first kappa shape index (κ1) is 17.0. The molecule has 0 spiro atoms. The maximum Gasteiger partial charge on any atom is 0.307 e. The fourth-order valence-electron chi connectivity index (χ4n) is 2.10. The Balaban J connectivity index is 2.20. The molecular formula is C17H16N2O5. The molecule has 0 heterocycles. The molecule has 24 heavy (non-hydrogen) atoms. The van der Waals surface area contributed by atoms with Crippen molar-refractivity contribution in [2.45, 2.75) is 13.3 Å². The topological polar surface area (TPSA) is 116 Å². The molecule has 0 aliphatic carbocycles. The molecule has 0 aliphatic heterocycles. The lowest BCUT2D eigenvalue weighted by Gasteiger charge is -2.10. The van der Waals surface area contributed by atoms with Gasteiger partial charge < -0.3 is 20.8 Å². The van der Waals surface area contributed by atoms with Crippen molar-refractivity contribution in [2.24, 2.45) is 0 Å². The lowest BCUT2D eigenvalue weighted by atomic mass is 10.1. The number of rotatable bonds is 5. The van der Waals surface area contributed by atoms with Crippen LogP contribution in [0.3, 0.4) is 0 Å². The van der Waals surface area contributed by atoms with E-state index >= 15 is 0 Å². The SMILES string of the molecule is CC(=O)Nc1cccc(C(=O)Nc2cc(CC(=O)O)ccc2O)c1. The molecule has 0 fully saturated rings. The van der Waals surface area contributed by atoms with Gasteiger partial charge in [-0.2, -0.15) is 0 Å². The summed E-state index contributed by atoms with van der Waals surface area (Å²) in [4.78, 5) is 34.1. The first-order chi connectivity index (χ1) is 11.3. The van der Waals surface area contributed by atoms with Gasteiger partial charge in [0.05, 0.1) is 12.1 Å². The second-order valence-corrected chi connectivity index (χ2v) is 5.14. The molecule has 0 saturated carbocycles. The number of phenols is 1. The maximum absolute atomic E-state index is 12.3. The molecule has 4 N–H and O–H groups in total. The van der Waals surface area contributed by atoms with Crippen LogP contribution in [0, 0.1) is 0 Å². The summed E-state index contributed by atoms with van der Waals surface area (Å²) in [6.45, 7) is 1.36. The monoisotopic (exact) mass is 328 g/mol. The summed E-state index contributed by atoms with van der Waals surface area (Å²) in [6, 6.07) is 10.5. The van der Waals surface area contributed by atoms with Crippen molar-refractivity contribution in [3.63, 3.8) is 0 Å². The van der Waals surface area contributed by atoms with Crippen molar-refractivity contribution < 1.29 is 24.6 Å². The van der Waals surface area contributed by atoms with E-state index in [0.29, 0.717) is 11.3 Å². The molecule has 2 rings (SSSR count). The molecule has 0 atom stereocenters. The summed E-state index contributed by atoms with van der Waals surface area (Å²) < 4.78 is 0. The predicted octanol–water partition coefficient (Wildman–Crippen LogP) is 2.23. The Kier molecular flexibility index (Phi) is 5.16. The number of anilines is 2. The summed E-state index contributed by atoms with van der Waals surface area (Å²) in [7, 11) is 0. The molecule has 0 unspecified atom stereocenters. The van der Waals surface area contributed by atoms with Gasteiger partial charge in [0, 0.05) is 18.2 Å². The molecule has 0 saturated heterocycles. The number of carboxylic acids is 1. The smallest absolute Gasteiger partial charge is 0.307 e. The van der Waals surface area contributed by atoms with E-state index in [1.807, 2.05) is 0 Å². The van der Waals surface area contributed by atoms with Crippen LogP contribution >= 0.6 is 0 Å². The number of aromatic hydroxyl groups is 1. The van der Waals surface area contributed by atoms with E-state index in [2.05, 4.69) is 10.6 Å². The molecule has 0 aliphatic rings. The molecule has 124 valence electrons. The quantitative estimate of drug-likeness (QED) is 0.628. The largest absolute Gasteiger partial charge is 0.506 e. The van der Waals surface area contributed by atoms with Gasteiger partial charge in [-0.3, -0.25) is 14.4 Å². The lowest BCUT2D eigenvalue weighted by molar-refractivity contribution is -0.136. The third kappa shape index (κ3) is 4.57. The Labute approximate surface area is 137 Å². The first-order valence-corrected chi connectivity index (χ1v) is 7.08. The molecular weight excluding hydrogens is 312 g/mol. The molecule has 0 bridgehead atoms. The van der Waals surface area contributed by atoms with E-state index in [1.165, 1.54) is 31.2 Å². The first-order valence-electron chi connectivity index (χ1n) is 7.08. The van der Waals surface area contributed by atoms with E-state index in [4.69, 9.17) is 5.11 Å². The average Bonchev–Trinajstić information content (AvgIpc) is 2.49. The highest BCUT2D eigenvalue weighted by Crippen LogP contribution is 2.25. The number of carboxylic acid groups (broad SMARTS) is 1. The zero-order chi connectivity index (χ0) is 17.7. The van der Waals surface area contributed by atoms with E-state index in [1.54, 1.807) is 18.2 Å². The van der Waals surface area contributed by atoms with Gasteiger partial charge >= 0.3 is 5.97 Å². The Morgan fingerprint density at radius 3 is 2.46 bits per heavy atom. The summed E-state index contributed by atoms with van der Waals surface area (Å²) in [5.41, 5.74) is 1.31. The van der Waals surface area contributed by atoms with Crippen LogP contribution in [0.25, 0.3) is 0 Å². The van der Waals surface area contributed by atoms with Gasteiger partial charge in [0.1, 0.15) is 5.75 Å². The predicted molar refractivity (Wildman–Crippen MR) is 88.1 cm³/mol. The van der Waals surface area contributed by atoms with Gasteiger partial charge in [-0.05, 0) is 35.9 Å². The van der Waals surface area contributed by atoms with Crippen LogP contribution in [-0.4, -0.2) is 28.0 Å². The van der Waals surface area contributed by atoms with Gasteiger partial charge in [0.15, 0.2) is 0 Å². The van der Waals surface area contributed by atoms with E-state index in [0.717, 1.165) is 0 Å². The normalized spacial score (nSPS) is 10.0. The van der Waals surface area contributed by atoms with Crippen LogP contribution in [-0.2, 0) is 16.0 Å². The van der Waals surface area contributed by atoms with Crippen LogP contribution in [0.15, 0.2) is 42.5 Å². The minimum Gasteiger partial charge on any atom is -0.506 e. The van der Waals surface area contributed by atoms with Gasteiger partial charge in [-0.25, -0.2) is 0 Å². The lowest BCUT2D eigenvalue weighted by Crippen LogP contribution is -2.13. The summed E-state index contributed by atoms with van der Waals surface area (Å²) >= 11 is 0. The Hall–Kier alpha value is -3.35. The van der Waals surface area contributed by atoms with Crippen LogP contribution in [0.5, 0.6) is 5.75 Å². The van der Waals surface area contributed by atoms with Crippen molar-refractivity contribution in [1.29, 1.82) is 0 Å². The number of hydrogen-bond acceptors (Lipinski definition) is 4. The highest BCUT2D eigenvalue weighted by molar-refractivity contribution is 6.06. The average molecular weight is 328 g/mol. The number of carbonyl (C=O) groups excluding carboxylic acids is 2. The molecule has 2 aromatic carbocycles. The van der Waals surface area contributed by atoms with Crippen molar-refractivity contribution in [3.8, 4) is 5.75 Å². The molecule has 7 heteroatoms. The van der Waals surface area contributed by atoms with Crippen molar-refractivity contribution in [3.05, 3.63) is 53.6 Å². The van der Waals surface area contributed by atoms with Crippen molar-refractivity contribution in [1.82, 2.24) is 0 Å². The summed E-state index contributed by atoms with van der Waals surface area (Å²) in [5, 5.41) is 23.7. The number of carbonyl (C=O) groups is 3. The second kappa shape index (κ2) is 7.28. The van der Waals surface area contributed by atoms with E-state index in [-0.39, 0.29) is 29.3 Å². The number of benzene rings is 2. The summed E-state index contributed by atoms with van der Waals surface area (Å²) in [5.74, 6) is -1.94. The fraction of sp³-hybridized carbons (Fsp3) is 0.118. The third-order valence-corrected chi connectivity index (χ3v) is 3.11. The zero-order valence-corrected chi connectivity index (χ0v) is 12.9. The molecule has 2 amide bonds. The Bertz CT molecular complexity index is 801. The van der Waals surface area contributed by atoms with Gasteiger partial charge in [-0.15, -0.1) is 0 Å². The minimum absolute atomic E-state index is 0.115. The standard InChI is InChI=1S/C17H16N2O5/c1-10(20)18-13-4-2-3-12(9-13)17(24)19-14-7-11(8-16(22)23)5-6-15(14)21/h2-7,9,21H,8H2,1H3,(H,18,20)(H,19,24)(H,22,23). The number of amides is 2. The Morgan fingerprint density at radius 1 is 1.04 bits per heavy atom. The van der Waals surface area contributed by atoms with Crippen LogP contribution in [0.1, 0.15) is 22.8 Å². The molecule has 0 aromatic heterocycles. The highest BCUT2D eigenvalue weighted by Gasteiger charge is 2.11. The van der Waals surface area contributed by atoms with E-state index in [9.17, 15) is 19.5 Å². The van der Waals surface area contributed by atoms with Crippen molar-refractivity contribution in [2.75, 3.05) is 10.6 Å². The minimum atomic E-state index is -1.01. The highest BCUT2D eigenvalue weighted by atomic mass is 16.4. The number of nitrogens with one attached hydrogen (secondary N) is 2. The van der Waals surface area contributed by atoms with Gasteiger partial charge in [0.2, 0.25) is 5.91 Å².